The second kappa shape index (κ2) is 4.59. The number of anilines is 1. The van der Waals surface area contributed by atoms with Crippen LogP contribution in [0.3, 0.4) is 0 Å². The lowest BCUT2D eigenvalue weighted by atomic mass is 10.3. The number of ether oxygens (including phenoxy) is 1. The summed E-state index contributed by atoms with van der Waals surface area (Å²) in [5.41, 5.74) is 0. The molecule has 6 heteroatoms. The van der Waals surface area contributed by atoms with E-state index in [1.807, 2.05) is 0 Å². The fourth-order valence-electron chi connectivity index (χ4n) is 1.56. The van der Waals surface area contributed by atoms with Crippen molar-refractivity contribution in [1.82, 2.24) is 15.0 Å². The summed E-state index contributed by atoms with van der Waals surface area (Å²) in [6.45, 7) is 5.20. The van der Waals surface area contributed by atoms with Gasteiger partial charge in [0.25, 0.3) is 0 Å². The number of morpholine rings is 1. The van der Waals surface area contributed by atoms with Gasteiger partial charge in [-0.1, -0.05) is 5.16 Å². The Morgan fingerprint density at radius 3 is 3.13 bits per heavy atom. The maximum Gasteiger partial charge on any atom is 0.321 e. The Hall–Kier alpha value is -1.14. The number of nitrogens with zero attached hydrogens (tertiary/aromatic N) is 3. The zero-order valence-electron chi connectivity index (χ0n) is 9.06. The van der Waals surface area contributed by atoms with Gasteiger partial charge in [-0.3, -0.25) is 0 Å². The first-order chi connectivity index (χ1) is 7.24. The summed E-state index contributed by atoms with van der Waals surface area (Å²) >= 11 is 0. The maximum atomic E-state index is 5.58. The number of nitrogens with one attached hydrogen (secondary N) is 1. The fraction of sp³-hybridized carbons (Fsp3) is 0.778. The van der Waals surface area contributed by atoms with Gasteiger partial charge in [-0.05, 0) is 14.0 Å². The van der Waals surface area contributed by atoms with Crippen molar-refractivity contribution < 1.29 is 9.26 Å². The van der Waals surface area contributed by atoms with Crippen LogP contribution in [0.1, 0.15) is 5.82 Å². The summed E-state index contributed by atoms with van der Waals surface area (Å²) in [6.07, 6.45) is 0.191. The molecule has 1 saturated heterocycles. The number of hydrogen-bond donors (Lipinski definition) is 1. The predicted molar refractivity (Wildman–Crippen MR) is 54.8 cm³/mol. The molecule has 1 aromatic rings. The molecule has 0 saturated carbocycles. The van der Waals surface area contributed by atoms with E-state index in [1.165, 1.54) is 0 Å². The van der Waals surface area contributed by atoms with Crippen molar-refractivity contribution in [2.45, 2.75) is 13.0 Å². The summed E-state index contributed by atoms with van der Waals surface area (Å²) in [5.74, 6) is 0.638. The number of aryl methyl sites for hydroxylation is 1. The second-order valence-corrected chi connectivity index (χ2v) is 3.78. The molecule has 0 aliphatic carbocycles. The topological polar surface area (TPSA) is 63.4 Å². The molecular weight excluding hydrogens is 196 g/mol. The van der Waals surface area contributed by atoms with Gasteiger partial charge in [0.15, 0.2) is 5.82 Å². The normalized spacial score (nSPS) is 22.9. The molecule has 6 nitrogen and oxygen atoms in total. The van der Waals surface area contributed by atoms with Crippen LogP contribution in [0.5, 0.6) is 0 Å². The van der Waals surface area contributed by atoms with Crippen LogP contribution < -0.4 is 5.32 Å². The van der Waals surface area contributed by atoms with Crippen molar-refractivity contribution in [3.63, 3.8) is 0 Å². The van der Waals surface area contributed by atoms with Gasteiger partial charge >= 0.3 is 6.01 Å². The van der Waals surface area contributed by atoms with E-state index < -0.39 is 0 Å². The SMILES string of the molecule is Cc1noc(NCC2CN(C)CCO2)n1. The minimum Gasteiger partial charge on any atom is -0.374 e. The third kappa shape index (κ3) is 2.90. The molecule has 2 rings (SSSR count). The van der Waals surface area contributed by atoms with E-state index >= 15 is 0 Å². The molecule has 1 atom stereocenters. The molecule has 15 heavy (non-hydrogen) atoms. The van der Waals surface area contributed by atoms with Crippen molar-refractivity contribution >= 4 is 6.01 Å². The molecule has 1 N–H and O–H groups in total. The van der Waals surface area contributed by atoms with Gasteiger partial charge in [0, 0.05) is 19.6 Å². The van der Waals surface area contributed by atoms with E-state index in [1.54, 1.807) is 6.92 Å². The molecule has 0 radical (unpaired) electrons. The smallest absolute Gasteiger partial charge is 0.321 e. The van der Waals surface area contributed by atoms with Crippen LogP contribution in [0.25, 0.3) is 0 Å². The van der Waals surface area contributed by atoms with E-state index in [0.29, 0.717) is 18.4 Å². The maximum absolute atomic E-state index is 5.58. The summed E-state index contributed by atoms with van der Waals surface area (Å²) in [4.78, 5) is 6.30. The summed E-state index contributed by atoms with van der Waals surface area (Å²) < 4.78 is 10.5. The molecule has 0 bridgehead atoms. The van der Waals surface area contributed by atoms with E-state index in [0.717, 1.165) is 19.7 Å². The van der Waals surface area contributed by atoms with E-state index in [2.05, 4.69) is 27.4 Å². The van der Waals surface area contributed by atoms with E-state index in [4.69, 9.17) is 9.26 Å². The Labute approximate surface area is 88.6 Å². The quantitative estimate of drug-likeness (QED) is 0.768. The zero-order valence-corrected chi connectivity index (χ0v) is 9.06. The monoisotopic (exact) mass is 212 g/mol. The third-order valence-electron chi connectivity index (χ3n) is 2.35. The Morgan fingerprint density at radius 1 is 1.60 bits per heavy atom. The summed E-state index contributed by atoms with van der Waals surface area (Å²) in [7, 11) is 2.09. The molecule has 1 unspecified atom stereocenters. The molecule has 1 aliphatic rings. The number of likely N-dealkylation sites (N-methyl/N-ethyl adjacent to an activating group) is 1. The lowest BCUT2D eigenvalue weighted by molar-refractivity contribution is -0.0119. The van der Waals surface area contributed by atoms with E-state index in [-0.39, 0.29) is 6.10 Å². The average molecular weight is 212 g/mol. The standard InChI is InChI=1S/C9H16N4O2/c1-7-11-9(15-12-7)10-5-8-6-13(2)3-4-14-8/h8H,3-6H2,1-2H3,(H,10,11,12). The van der Waals surface area contributed by atoms with Crippen molar-refractivity contribution in [3.8, 4) is 0 Å². The lowest BCUT2D eigenvalue weighted by Gasteiger charge is -2.29. The van der Waals surface area contributed by atoms with Crippen molar-refractivity contribution in [3.05, 3.63) is 5.82 Å². The van der Waals surface area contributed by atoms with Gasteiger partial charge in [0.1, 0.15) is 0 Å². The highest BCUT2D eigenvalue weighted by Gasteiger charge is 2.17. The van der Waals surface area contributed by atoms with Crippen LogP contribution in [0.4, 0.5) is 6.01 Å². The third-order valence-corrected chi connectivity index (χ3v) is 2.35. The van der Waals surface area contributed by atoms with Crippen molar-refractivity contribution in [1.29, 1.82) is 0 Å². The Kier molecular flexibility index (Phi) is 3.17. The number of aromatic nitrogens is 2. The molecule has 1 fully saturated rings. The number of hydrogen-bond acceptors (Lipinski definition) is 6. The van der Waals surface area contributed by atoms with Crippen molar-refractivity contribution in [2.75, 3.05) is 38.6 Å². The molecule has 1 aromatic heterocycles. The predicted octanol–water partition coefficient (Wildman–Crippen LogP) is 0.121. The van der Waals surface area contributed by atoms with Gasteiger partial charge in [0.2, 0.25) is 0 Å². The van der Waals surface area contributed by atoms with Crippen molar-refractivity contribution in [2.24, 2.45) is 0 Å². The fourth-order valence-corrected chi connectivity index (χ4v) is 1.56. The van der Waals surface area contributed by atoms with Crippen LogP contribution >= 0.6 is 0 Å². The first-order valence-corrected chi connectivity index (χ1v) is 5.08. The van der Waals surface area contributed by atoms with Crippen LogP contribution in [0.2, 0.25) is 0 Å². The largest absolute Gasteiger partial charge is 0.374 e. The van der Waals surface area contributed by atoms with Crippen LogP contribution in [-0.4, -0.2) is 54.4 Å². The first kappa shape index (κ1) is 10.4. The van der Waals surface area contributed by atoms with Gasteiger partial charge in [-0.25, -0.2) is 0 Å². The van der Waals surface area contributed by atoms with Gasteiger partial charge < -0.3 is 19.5 Å². The molecule has 1 aliphatic heterocycles. The van der Waals surface area contributed by atoms with Gasteiger partial charge in [-0.15, -0.1) is 0 Å². The Bertz CT molecular complexity index is 315. The number of rotatable bonds is 3. The summed E-state index contributed by atoms with van der Waals surface area (Å²) in [6, 6.07) is 0.462. The molecular formula is C9H16N4O2. The van der Waals surface area contributed by atoms with E-state index in [9.17, 15) is 0 Å². The highest BCUT2D eigenvalue weighted by molar-refractivity contribution is 5.18. The Morgan fingerprint density at radius 2 is 2.47 bits per heavy atom. The highest BCUT2D eigenvalue weighted by atomic mass is 16.5. The Balaban J connectivity index is 1.77. The minimum atomic E-state index is 0.191. The van der Waals surface area contributed by atoms with Gasteiger partial charge in [0.05, 0.1) is 12.7 Å². The zero-order chi connectivity index (χ0) is 10.7. The molecule has 0 amide bonds. The second-order valence-electron chi connectivity index (χ2n) is 3.78. The van der Waals surface area contributed by atoms with Crippen LogP contribution in [0, 0.1) is 6.92 Å². The first-order valence-electron chi connectivity index (χ1n) is 5.08. The molecule has 2 heterocycles. The molecule has 84 valence electrons. The summed E-state index contributed by atoms with van der Waals surface area (Å²) in [5, 5.41) is 6.76. The lowest BCUT2D eigenvalue weighted by Crippen LogP contribution is -2.43. The van der Waals surface area contributed by atoms with Crippen LogP contribution in [0.15, 0.2) is 4.52 Å². The minimum absolute atomic E-state index is 0.191. The highest BCUT2D eigenvalue weighted by Crippen LogP contribution is 2.06. The molecule has 0 spiro atoms. The average Bonchev–Trinajstić information content (AvgIpc) is 2.62. The van der Waals surface area contributed by atoms with Crippen LogP contribution in [-0.2, 0) is 4.74 Å². The van der Waals surface area contributed by atoms with Gasteiger partial charge in [-0.2, -0.15) is 4.98 Å². The molecule has 0 aromatic carbocycles.